The number of benzene rings is 1. The molecule has 1 aliphatic carbocycles. The van der Waals surface area contributed by atoms with Crippen molar-refractivity contribution in [3.63, 3.8) is 0 Å². The summed E-state index contributed by atoms with van der Waals surface area (Å²) in [5.41, 5.74) is 6.51. The Morgan fingerprint density at radius 1 is 1.20 bits per heavy atom. The van der Waals surface area contributed by atoms with E-state index >= 15 is 0 Å². The number of carbonyl (C=O) groups is 1. The quantitative estimate of drug-likeness (QED) is 0.886. The van der Waals surface area contributed by atoms with Gasteiger partial charge in [0.1, 0.15) is 0 Å². The first-order chi connectivity index (χ1) is 9.65. The van der Waals surface area contributed by atoms with Crippen LogP contribution in [0.1, 0.15) is 32.1 Å². The molecule has 0 aromatic heterocycles. The Morgan fingerprint density at radius 3 is 2.65 bits per heavy atom. The number of ether oxygens (including phenoxy) is 2. The van der Waals surface area contributed by atoms with Gasteiger partial charge in [0.2, 0.25) is 5.91 Å². The molecule has 1 aliphatic heterocycles. The zero-order chi connectivity index (χ0) is 14.0. The number of carbonyl (C=O) groups excluding carboxylic acids is 1. The first-order valence-electron chi connectivity index (χ1n) is 7.13. The molecule has 1 aromatic carbocycles. The van der Waals surface area contributed by atoms with Gasteiger partial charge in [-0.25, -0.2) is 0 Å². The molecule has 1 amide bonds. The molecule has 20 heavy (non-hydrogen) atoms. The molecular weight excluding hydrogens is 256 g/mol. The molecule has 0 saturated heterocycles. The van der Waals surface area contributed by atoms with Gasteiger partial charge in [-0.05, 0) is 31.4 Å². The number of nitrogens with two attached hydrogens (primary N) is 1. The standard InChI is InChI=1S/C15H20N2O3/c16-15(5-1-6-15)10-14(18)17-11-3-4-12-13(9-11)20-8-2-7-19-12/h3-4,9H,1-2,5-8,10,16H2,(H,17,18). The van der Waals surface area contributed by atoms with Gasteiger partial charge >= 0.3 is 0 Å². The molecule has 2 aliphatic rings. The predicted molar refractivity (Wildman–Crippen MR) is 76.1 cm³/mol. The molecule has 0 bridgehead atoms. The number of nitrogens with one attached hydrogen (secondary N) is 1. The molecule has 1 saturated carbocycles. The lowest BCUT2D eigenvalue weighted by Crippen LogP contribution is -2.48. The van der Waals surface area contributed by atoms with Crippen LogP contribution in [-0.4, -0.2) is 24.7 Å². The van der Waals surface area contributed by atoms with Crippen LogP contribution in [0.5, 0.6) is 11.5 Å². The van der Waals surface area contributed by atoms with Gasteiger partial charge < -0.3 is 20.5 Å². The first kappa shape index (κ1) is 13.2. The summed E-state index contributed by atoms with van der Waals surface area (Å²) in [6.45, 7) is 1.30. The van der Waals surface area contributed by atoms with Crippen molar-refractivity contribution in [3.05, 3.63) is 18.2 Å². The van der Waals surface area contributed by atoms with Crippen molar-refractivity contribution < 1.29 is 14.3 Å². The second-order valence-electron chi connectivity index (χ2n) is 5.65. The van der Waals surface area contributed by atoms with E-state index in [9.17, 15) is 4.79 Å². The van der Waals surface area contributed by atoms with Gasteiger partial charge in [-0.1, -0.05) is 0 Å². The molecule has 1 heterocycles. The molecule has 1 aromatic rings. The van der Waals surface area contributed by atoms with E-state index in [2.05, 4.69) is 5.32 Å². The Hall–Kier alpha value is -1.75. The maximum absolute atomic E-state index is 12.0. The van der Waals surface area contributed by atoms with E-state index in [1.165, 1.54) is 0 Å². The van der Waals surface area contributed by atoms with Crippen LogP contribution < -0.4 is 20.5 Å². The number of hydrogen-bond donors (Lipinski definition) is 2. The van der Waals surface area contributed by atoms with Crippen LogP contribution in [0.3, 0.4) is 0 Å². The summed E-state index contributed by atoms with van der Waals surface area (Å²) in [5, 5.41) is 2.88. The summed E-state index contributed by atoms with van der Waals surface area (Å²) in [5.74, 6) is 1.38. The highest BCUT2D eigenvalue weighted by Gasteiger charge is 2.34. The van der Waals surface area contributed by atoms with E-state index in [-0.39, 0.29) is 11.4 Å². The summed E-state index contributed by atoms with van der Waals surface area (Å²) >= 11 is 0. The van der Waals surface area contributed by atoms with E-state index in [0.717, 1.165) is 37.1 Å². The summed E-state index contributed by atoms with van der Waals surface area (Å²) in [7, 11) is 0. The second-order valence-corrected chi connectivity index (χ2v) is 5.65. The minimum Gasteiger partial charge on any atom is -0.490 e. The zero-order valence-corrected chi connectivity index (χ0v) is 11.5. The largest absolute Gasteiger partial charge is 0.490 e. The fraction of sp³-hybridized carbons (Fsp3) is 0.533. The van der Waals surface area contributed by atoms with Crippen LogP contribution in [0.2, 0.25) is 0 Å². The van der Waals surface area contributed by atoms with Crippen LogP contribution in [0, 0.1) is 0 Å². The van der Waals surface area contributed by atoms with E-state index in [1.54, 1.807) is 0 Å². The van der Waals surface area contributed by atoms with Crippen LogP contribution in [-0.2, 0) is 4.79 Å². The van der Waals surface area contributed by atoms with Crippen molar-refractivity contribution in [3.8, 4) is 11.5 Å². The van der Waals surface area contributed by atoms with Crippen LogP contribution in [0.4, 0.5) is 5.69 Å². The van der Waals surface area contributed by atoms with E-state index in [4.69, 9.17) is 15.2 Å². The molecular formula is C15H20N2O3. The summed E-state index contributed by atoms with van der Waals surface area (Å²) in [6.07, 6.45) is 4.23. The van der Waals surface area contributed by atoms with E-state index in [1.807, 2.05) is 18.2 Å². The molecule has 0 spiro atoms. The van der Waals surface area contributed by atoms with Gasteiger partial charge in [0.25, 0.3) is 0 Å². The average Bonchev–Trinajstić information content (AvgIpc) is 2.61. The van der Waals surface area contributed by atoms with E-state index in [0.29, 0.717) is 25.4 Å². The smallest absolute Gasteiger partial charge is 0.226 e. The molecule has 5 heteroatoms. The lowest BCUT2D eigenvalue weighted by molar-refractivity contribution is -0.118. The Labute approximate surface area is 118 Å². The minimum absolute atomic E-state index is 0.0401. The van der Waals surface area contributed by atoms with Crippen molar-refractivity contribution in [2.75, 3.05) is 18.5 Å². The molecule has 108 valence electrons. The topological polar surface area (TPSA) is 73.6 Å². The molecule has 5 nitrogen and oxygen atoms in total. The van der Waals surface area contributed by atoms with Crippen LogP contribution in [0.25, 0.3) is 0 Å². The number of anilines is 1. The fourth-order valence-corrected chi connectivity index (χ4v) is 2.57. The van der Waals surface area contributed by atoms with Crippen molar-refractivity contribution >= 4 is 11.6 Å². The van der Waals surface area contributed by atoms with Crippen LogP contribution in [0.15, 0.2) is 18.2 Å². The SMILES string of the molecule is NC1(CC(=O)Nc2ccc3c(c2)OCCCO3)CCC1. The summed E-state index contributed by atoms with van der Waals surface area (Å²) in [4.78, 5) is 12.0. The number of hydrogen-bond acceptors (Lipinski definition) is 4. The predicted octanol–water partition coefficient (Wildman–Crippen LogP) is 2.06. The molecule has 0 atom stereocenters. The molecule has 3 N–H and O–H groups in total. The van der Waals surface area contributed by atoms with Gasteiger partial charge in [-0.2, -0.15) is 0 Å². The number of rotatable bonds is 3. The Bertz CT molecular complexity index is 512. The normalized spacial score (nSPS) is 19.6. The Balaban J connectivity index is 1.65. The monoisotopic (exact) mass is 276 g/mol. The Kier molecular flexibility index (Phi) is 3.53. The minimum atomic E-state index is -0.296. The second kappa shape index (κ2) is 5.32. The van der Waals surface area contributed by atoms with Crippen LogP contribution >= 0.6 is 0 Å². The van der Waals surface area contributed by atoms with Crippen molar-refractivity contribution in [1.29, 1.82) is 0 Å². The molecule has 0 radical (unpaired) electrons. The number of fused-ring (bicyclic) bond motifs is 1. The lowest BCUT2D eigenvalue weighted by atomic mass is 9.75. The van der Waals surface area contributed by atoms with Gasteiger partial charge in [0.15, 0.2) is 11.5 Å². The third kappa shape index (κ3) is 2.88. The highest BCUT2D eigenvalue weighted by molar-refractivity contribution is 5.92. The third-order valence-corrected chi connectivity index (χ3v) is 3.89. The third-order valence-electron chi connectivity index (χ3n) is 3.89. The average molecular weight is 276 g/mol. The maximum atomic E-state index is 12.0. The van der Waals surface area contributed by atoms with Crippen molar-refractivity contribution in [1.82, 2.24) is 0 Å². The van der Waals surface area contributed by atoms with Gasteiger partial charge in [-0.15, -0.1) is 0 Å². The van der Waals surface area contributed by atoms with E-state index < -0.39 is 0 Å². The lowest BCUT2D eigenvalue weighted by Gasteiger charge is -2.37. The maximum Gasteiger partial charge on any atom is 0.226 e. The first-order valence-corrected chi connectivity index (χ1v) is 7.13. The summed E-state index contributed by atoms with van der Waals surface area (Å²) in [6, 6.07) is 5.47. The fourth-order valence-electron chi connectivity index (χ4n) is 2.57. The molecule has 3 rings (SSSR count). The van der Waals surface area contributed by atoms with Gasteiger partial charge in [0.05, 0.1) is 13.2 Å². The van der Waals surface area contributed by atoms with Crippen molar-refractivity contribution in [2.24, 2.45) is 5.73 Å². The molecule has 0 unspecified atom stereocenters. The zero-order valence-electron chi connectivity index (χ0n) is 11.5. The highest BCUT2D eigenvalue weighted by Crippen LogP contribution is 2.34. The van der Waals surface area contributed by atoms with Gasteiger partial charge in [0, 0.05) is 30.1 Å². The summed E-state index contributed by atoms with van der Waals surface area (Å²) < 4.78 is 11.2. The van der Waals surface area contributed by atoms with Gasteiger partial charge in [-0.3, -0.25) is 4.79 Å². The Morgan fingerprint density at radius 2 is 1.95 bits per heavy atom. The highest BCUT2D eigenvalue weighted by atomic mass is 16.5. The molecule has 1 fully saturated rings. The number of amides is 1. The van der Waals surface area contributed by atoms with Crippen molar-refractivity contribution in [2.45, 2.75) is 37.6 Å².